The van der Waals surface area contributed by atoms with Gasteiger partial charge in [0.1, 0.15) is 11.8 Å². The third-order valence-corrected chi connectivity index (χ3v) is 4.01. The lowest BCUT2D eigenvalue weighted by molar-refractivity contribution is 0.0604. The number of para-hydroxylation sites is 1. The first kappa shape index (κ1) is 12.2. The Morgan fingerprint density at radius 3 is 3.00 bits per heavy atom. The van der Waals surface area contributed by atoms with Crippen LogP contribution in [-0.4, -0.2) is 36.0 Å². The van der Waals surface area contributed by atoms with E-state index in [9.17, 15) is 4.79 Å². The number of nitrogens with one attached hydrogen (secondary N) is 1. The van der Waals surface area contributed by atoms with E-state index in [1.54, 1.807) is 6.26 Å². The molecule has 1 aromatic heterocycles. The van der Waals surface area contributed by atoms with Crippen LogP contribution in [0.3, 0.4) is 0 Å². The van der Waals surface area contributed by atoms with E-state index in [4.69, 9.17) is 4.42 Å². The molecule has 0 bridgehead atoms. The monoisotopic (exact) mass is 258 g/mol. The number of nitrogens with zero attached hydrogens (tertiary/aromatic N) is 1. The average Bonchev–Trinajstić information content (AvgIpc) is 2.85. The molecular weight excluding hydrogens is 240 g/mol. The summed E-state index contributed by atoms with van der Waals surface area (Å²) in [4.78, 5) is 14.6. The molecule has 1 saturated heterocycles. The van der Waals surface area contributed by atoms with E-state index in [1.807, 2.05) is 29.2 Å². The van der Waals surface area contributed by atoms with Gasteiger partial charge in [0, 0.05) is 30.6 Å². The minimum atomic E-state index is 0.0609. The van der Waals surface area contributed by atoms with Crippen molar-refractivity contribution in [3.8, 4) is 0 Å². The zero-order chi connectivity index (χ0) is 13.4. The second-order valence-corrected chi connectivity index (χ2v) is 5.13. The molecule has 0 aliphatic carbocycles. The fourth-order valence-electron chi connectivity index (χ4n) is 2.64. The molecule has 100 valence electrons. The van der Waals surface area contributed by atoms with Crippen LogP contribution in [0.4, 0.5) is 0 Å². The van der Waals surface area contributed by atoms with Gasteiger partial charge in [-0.2, -0.15) is 0 Å². The first-order chi connectivity index (χ1) is 9.18. The Labute approximate surface area is 112 Å². The van der Waals surface area contributed by atoms with Gasteiger partial charge in [0.25, 0.3) is 5.91 Å². The van der Waals surface area contributed by atoms with E-state index >= 15 is 0 Å². The molecular formula is C15H18N2O2. The Hall–Kier alpha value is -1.81. The Bertz CT molecular complexity index is 605. The van der Waals surface area contributed by atoms with Gasteiger partial charge in [0.2, 0.25) is 0 Å². The van der Waals surface area contributed by atoms with E-state index < -0.39 is 0 Å². The third-order valence-electron chi connectivity index (χ3n) is 4.01. The van der Waals surface area contributed by atoms with Gasteiger partial charge in [0.05, 0.1) is 5.56 Å². The molecule has 4 nitrogen and oxygen atoms in total. The summed E-state index contributed by atoms with van der Waals surface area (Å²) in [5.41, 5.74) is 1.43. The Morgan fingerprint density at radius 2 is 2.16 bits per heavy atom. The van der Waals surface area contributed by atoms with Crippen LogP contribution >= 0.6 is 0 Å². The minimum absolute atomic E-state index is 0.0609. The largest absolute Gasteiger partial charge is 0.463 e. The lowest BCUT2D eigenvalue weighted by Gasteiger charge is -2.38. The number of carbonyl (C=O) groups is 1. The number of benzene rings is 1. The van der Waals surface area contributed by atoms with Gasteiger partial charge in [-0.25, -0.2) is 0 Å². The van der Waals surface area contributed by atoms with Crippen LogP contribution in [0.25, 0.3) is 11.0 Å². The molecule has 1 aliphatic rings. The maximum absolute atomic E-state index is 12.7. The molecule has 1 amide bonds. The summed E-state index contributed by atoms with van der Waals surface area (Å²) in [5, 5.41) is 4.28. The van der Waals surface area contributed by atoms with Gasteiger partial charge in [-0.05, 0) is 19.9 Å². The van der Waals surface area contributed by atoms with Crippen molar-refractivity contribution in [2.75, 3.05) is 13.1 Å². The van der Waals surface area contributed by atoms with Gasteiger partial charge < -0.3 is 14.6 Å². The number of hydrogen-bond acceptors (Lipinski definition) is 3. The van der Waals surface area contributed by atoms with Crippen LogP contribution in [0.15, 0.2) is 34.9 Å². The fraction of sp³-hybridized carbons (Fsp3) is 0.400. The average molecular weight is 258 g/mol. The summed E-state index contributed by atoms with van der Waals surface area (Å²) in [7, 11) is 0. The van der Waals surface area contributed by atoms with Crippen molar-refractivity contribution in [3.63, 3.8) is 0 Å². The van der Waals surface area contributed by atoms with Crippen LogP contribution < -0.4 is 5.32 Å². The maximum atomic E-state index is 12.7. The predicted molar refractivity (Wildman–Crippen MR) is 74.2 cm³/mol. The quantitative estimate of drug-likeness (QED) is 0.853. The number of amides is 1. The standard InChI is InChI=1S/C15H18N2O2/c1-10-11(2)17(8-7-16-10)15(18)13-9-19-14-6-4-3-5-12(13)14/h3-6,9-11,16H,7-8H2,1-2H3. The first-order valence-electron chi connectivity index (χ1n) is 6.69. The number of fused-ring (bicyclic) bond motifs is 1. The number of piperazine rings is 1. The van der Waals surface area contributed by atoms with E-state index in [1.165, 1.54) is 0 Å². The summed E-state index contributed by atoms with van der Waals surface area (Å²) in [6, 6.07) is 8.16. The molecule has 0 saturated carbocycles. The summed E-state index contributed by atoms with van der Waals surface area (Å²) < 4.78 is 5.46. The van der Waals surface area contributed by atoms with Crippen molar-refractivity contribution in [2.45, 2.75) is 25.9 Å². The Kier molecular flexibility index (Phi) is 3.03. The van der Waals surface area contributed by atoms with E-state index in [2.05, 4.69) is 19.2 Å². The van der Waals surface area contributed by atoms with Gasteiger partial charge in [-0.15, -0.1) is 0 Å². The Balaban J connectivity index is 1.95. The fourth-order valence-corrected chi connectivity index (χ4v) is 2.64. The lowest BCUT2D eigenvalue weighted by Crippen LogP contribution is -2.57. The molecule has 4 heteroatoms. The highest BCUT2D eigenvalue weighted by Crippen LogP contribution is 2.23. The van der Waals surface area contributed by atoms with Crippen molar-refractivity contribution in [3.05, 3.63) is 36.1 Å². The molecule has 1 aromatic carbocycles. The van der Waals surface area contributed by atoms with Crippen molar-refractivity contribution in [1.29, 1.82) is 0 Å². The van der Waals surface area contributed by atoms with Crippen molar-refractivity contribution in [1.82, 2.24) is 10.2 Å². The van der Waals surface area contributed by atoms with E-state index in [-0.39, 0.29) is 11.9 Å². The highest BCUT2D eigenvalue weighted by Gasteiger charge is 2.30. The molecule has 2 unspecified atom stereocenters. The second kappa shape index (κ2) is 4.70. The maximum Gasteiger partial charge on any atom is 0.258 e. The van der Waals surface area contributed by atoms with Gasteiger partial charge in [-0.3, -0.25) is 4.79 Å². The molecule has 0 radical (unpaired) electrons. The van der Waals surface area contributed by atoms with Crippen LogP contribution in [0.2, 0.25) is 0 Å². The minimum Gasteiger partial charge on any atom is -0.463 e. The highest BCUT2D eigenvalue weighted by atomic mass is 16.3. The van der Waals surface area contributed by atoms with Gasteiger partial charge in [0.15, 0.2) is 0 Å². The van der Waals surface area contributed by atoms with Crippen LogP contribution in [0.5, 0.6) is 0 Å². The molecule has 0 spiro atoms. The number of rotatable bonds is 1. The molecule has 2 aromatic rings. The number of furan rings is 1. The molecule has 19 heavy (non-hydrogen) atoms. The lowest BCUT2D eigenvalue weighted by atomic mass is 10.0. The van der Waals surface area contributed by atoms with Crippen LogP contribution in [-0.2, 0) is 0 Å². The molecule has 1 aliphatic heterocycles. The SMILES string of the molecule is CC1NCCN(C(=O)c2coc3ccccc23)C1C. The normalized spacial score (nSPS) is 23.8. The number of hydrogen-bond donors (Lipinski definition) is 1. The van der Waals surface area contributed by atoms with Crippen LogP contribution in [0, 0.1) is 0 Å². The summed E-state index contributed by atoms with van der Waals surface area (Å²) >= 11 is 0. The van der Waals surface area contributed by atoms with E-state index in [0.29, 0.717) is 11.6 Å². The topological polar surface area (TPSA) is 45.5 Å². The van der Waals surface area contributed by atoms with Crippen molar-refractivity contribution < 1.29 is 9.21 Å². The molecule has 1 fully saturated rings. The zero-order valence-corrected chi connectivity index (χ0v) is 11.2. The second-order valence-electron chi connectivity index (χ2n) is 5.13. The molecule has 2 heterocycles. The first-order valence-corrected chi connectivity index (χ1v) is 6.69. The zero-order valence-electron chi connectivity index (χ0n) is 11.2. The van der Waals surface area contributed by atoms with E-state index in [0.717, 1.165) is 24.1 Å². The summed E-state index contributed by atoms with van der Waals surface area (Å²) in [5.74, 6) is 0.0609. The molecule has 1 N–H and O–H groups in total. The van der Waals surface area contributed by atoms with Crippen molar-refractivity contribution in [2.24, 2.45) is 0 Å². The smallest absolute Gasteiger partial charge is 0.258 e. The van der Waals surface area contributed by atoms with Crippen LogP contribution in [0.1, 0.15) is 24.2 Å². The summed E-state index contributed by atoms with van der Waals surface area (Å²) in [6.07, 6.45) is 1.58. The number of carbonyl (C=O) groups excluding carboxylic acids is 1. The van der Waals surface area contributed by atoms with Crippen molar-refractivity contribution >= 4 is 16.9 Å². The molecule has 3 rings (SSSR count). The Morgan fingerprint density at radius 1 is 1.37 bits per heavy atom. The predicted octanol–water partition coefficient (Wildman–Crippen LogP) is 2.26. The molecule has 2 atom stereocenters. The van der Waals surface area contributed by atoms with Gasteiger partial charge >= 0.3 is 0 Å². The highest BCUT2D eigenvalue weighted by molar-refractivity contribution is 6.06. The third kappa shape index (κ3) is 2.02. The van der Waals surface area contributed by atoms with Gasteiger partial charge in [-0.1, -0.05) is 18.2 Å². The summed E-state index contributed by atoms with van der Waals surface area (Å²) in [6.45, 7) is 5.77.